The standard InChI is InChI=1S/C23H25NOP.BrH/c1-19(23(25)24(2)3)26(20-13-7-4-8-14-20,21-15-9-5-10-16-21)22-17-11-6-12-18-22;/h4-19H,1-3H3;1H/q+1;. The lowest BCUT2D eigenvalue weighted by atomic mass is 10.3. The number of hydrogen-bond donors (Lipinski definition) is 0. The molecule has 0 aliphatic carbocycles. The Kier molecular flexibility index (Phi) is 7.35. The van der Waals surface area contributed by atoms with Crippen LogP contribution in [0.25, 0.3) is 0 Å². The van der Waals surface area contributed by atoms with Gasteiger partial charge in [0.15, 0.2) is 5.66 Å². The summed E-state index contributed by atoms with van der Waals surface area (Å²) in [5.41, 5.74) is -0.148. The molecule has 0 spiro atoms. The molecule has 0 bridgehead atoms. The van der Waals surface area contributed by atoms with Gasteiger partial charge in [0.2, 0.25) is 0 Å². The molecule has 0 radical (unpaired) electrons. The van der Waals surface area contributed by atoms with E-state index in [2.05, 4.69) is 79.7 Å². The van der Waals surface area contributed by atoms with E-state index in [1.807, 2.05) is 32.3 Å². The molecule has 0 fully saturated rings. The van der Waals surface area contributed by atoms with Gasteiger partial charge >= 0.3 is 0 Å². The molecule has 4 heteroatoms. The molecular formula is C23H26BrNOP+. The summed E-state index contributed by atoms with van der Waals surface area (Å²) in [6.07, 6.45) is 0. The van der Waals surface area contributed by atoms with E-state index < -0.39 is 7.26 Å². The Morgan fingerprint density at radius 3 is 1.26 bits per heavy atom. The summed E-state index contributed by atoms with van der Waals surface area (Å²) in [5, 5.41) is 3.71. The molecule has 0 saturated heterocycles. The SMILES string of the molecule is Br.CC(C(=O)N(C)C)[P+](c1ccccc1)(c1ccccc1)c1ccccc1. The monoisotopic (exact) mass is 442 g/mol. The number of hydrogen-bond acceptors (Lipinski definition) is 1. The molecule has 0 N–H and O–H groups in total. The maximum atomic E-state index is 13.2. The number of carbonyl (C=O) groups is 1. The van der Waals surface area contributed by atoms with Gasteiger partial charge in [-0.2, -0.15) is 0 Å². The third-order valence-corrected chi connectivity index (χ3v) is 9.59. The van der Waals surface area contributed by atoms with Gasteiger partial charge in [-0.3, -0.25) is 4.79 Å². The van der Waals surface area contributed by atoms with Gasteiger partial charge in [0.05, 0.1) is 0 Å². The quantitative estimate of drug-likeness (QED) is 0.546. The van der Waals surface area contributed by atoms with Crippen LogP contribution in [-0.4, -0.2) is 30.6 Å². The van der Waals surface area contributed by atoms with Crippen molar-refractivity contribution in [3.8, 4) is 0 Å². The van der Waals surface area contributed by atoms with Gasteiger partial charge in [-0.15, -0.1) is 17.0 Å². The highest BCUT2D eigenvalue weighted by molar-refractivity contribution is 8.93. The van der Waals surface area contributed by atoms with E-state index in [1.165, 1.54) is 15.9 Å². The van der Waals surface area contributed by atoms with Crippen molar-refractivity contribution in [1.82, 2.24) is 4.90 Å². The maximum absolute atomic E-state index is 13.2. The van der Waals surface area contributed by atoms with E-state index >= 15 is 0 Å². The molecule has 1 atom stereocenters. The van der Waals surface area contributed by atoms with E-state index in [9.17, 15) is 4.79 Å². The predicted octanol–water partition coefficient (Wildman–Crippen LogP) is 4.04. The predicted molar refractivity (Wildman–Crippen MR) is 124 cm³/mol. The first-order valence-electron chi connectivity index (χ1n) is 8.85. The minimum Gasteiger partial charge on any atom is -0.345 e. The zero-order valence-corrected chi connectivity index (χ0v) is 18.6. The first-order valence-corrected chi connectivity index (χ1v) is 10.7. The van der Waals surface area contributed by atoms with Gasteiger partial charge < -0.3 is 4.90 Å². The average Bonchev–Trinajstić information content (AvgIpc) is 2.70. The summed E-state index contributed by atoms with van der Waals surface area (Å²) in [6, 6.07) is 31.6. The second-order valence-corrected chi connectivity index (χ2v) is 10.4. The van der Waals surface area contributed by atoms with Crippen LogP contribution in [0.2, 0.25) is 0 Å². The Balaban J connectivity index is 0.00000261. The number of amides is 1. The summed E-state index contributed by atoms with van der Waals surface area (Å²) in [5.74, 6) is 0.162. The average molecular weight is 443 g/mol. The first-order chi connectivity index (χ1) is 12.6. The van der Waals surface area contributed by atoms with Gasteiger partial charge in [-0.05, 0) is 43.3 Å². The Morgan fingerprint density at radius 2 is 1.00 bits per heavy atom. The fraction of sp³-hybridized carbons (Fsp3) is 0.174. The largest absolute Gasteiger partial charge is 0.345 e. The molecule has 0 aliphatic heterocycles. The molecule has 3 aromatic carbocycles. The van der Waals surface area contributed by atoms with Gasteiger partial charge in [-0.1, -0.05) is 54.6 Å². The van der Waals surface area contributed by atoms with E-state index in [-0.39, 0.29) is 28.5 Å². The number of carbonyl (C=O) groups excluding carboxylic acids is 1. The summed E-state index contributed by atoms with van der Waals surface area (Å²) in [7, 11) is 1.54. The van der Waals surface area contributed by atoms with Crippen molar-refractivity contribution in [1.29, 1.82) is 0 Å². The molecule has 3 aromatic rings. The molecule has 3 rings (SSSR count). The fourth-order valence-electron chi connectivity index (χ4n) is 3.65. The molecular weight excluding hydrogens is 417 g/mol. The summed E-state index contributed by atoms with van der Waals surface area (Å²) in [4.78, 5) is 14.9. The highest BCUT2D eigenvalue weighted by Gasteiger charge is 2.53. The normalized spacial score (nSPS) is 12.0. The van der Waals surface area contributed by atoms with Gasteiger partial charge in [0.25, 0.3) is 5.91 Å². The van der Waals surface area contributed by atoms with Crippen molar-refractivity contribution in [3.05, 3.63) is 91.0 Å². The lowest BCUT2D eigenvalue weighted by Gasteiger charge is -2.33. The maximum Gasteiger partial charge on any atom is 0.263 e. The van der Waals surface area contributed by atoms with Crippen LogP contribution in [-0.2, 0) is 4.79 Å². The van der Waals surface area contributed by atoms with Crippen LogP contribution in [0.4, 0.5) is 0 Å². The van der Waals surface area contributed by atoms with E-state index in [4.69, 9.17) is 0 Å². The van der Waals surface area contributed by atoms with Crippen LogP contribution in [0.3, 0.4) is 0 Å². The Morgan fingerprint density at radius 1 is 0.704 bits per heavy atom. The second-order valence-electron chi connectivity index (χ2n) is 6.64. The lowest BCUT2D eigenvalue weighted by molar-refractivity contribution is -0.127. The Labute approximate surface area is 173 Å². The molecule has 140 valence electrons. The molecule has 0 aromatic heterocycles. The molecule has 0 saturated carbocycles. The summed E-state index contributed by atoms with van der Waals surface area (Å²) < 4.78 is 0. The highest BCUT2D eigenvalue weighted by atomic mass is 79.9. The third kappa shape index (κ3) is 4.00. The van der Waals surface area contributed by atoms with Crippen LogP contribution in [0.1, 0.15) is 6.92 Å². The molecule has 0 aliphatic rings. The Bertz CT molecular complexity index is 757. The van der Waals surface area contributed by atoms with Crippen molar-refractivity contribution in [2.24, 2.45) is 0 Å². The van der Waals surface area contributed by atoms with Crippen molar-refractivity contribution >= 4 is 46.1 Å². The smallest absolute Gasteiger partial charge is 0.263 e. The number of benzene rings is 3. The van der Waals surface area contributed by atoms with E-state index in [0.29, 0.717) is 0 Å². The number of rotatable bonds is 5. The second kappa shape index (κ2) is 9.30. The van der Waals surface area contributed by atoms with Crippen LogP contribution >= 0.6 is 24.2 Å². The fourth-order valence-corrected chi connectivity index (χ4v) is 8.37. The van der Waals surface area contributed by atoms with Crippen molar-refractivity contribution in [3.63, 3.8) is 0 Å². The number of halogens is 1. The van der Waals surface area contributed by atoms with Crippen LogP contribution in [0.5, 0.6) is 0 Å². The third-order valence-electron chi connectivity index (χ3n) is 4.87. The zero-order valence-electron chi connectivity index (χ0n) is 15.9. The van der Waals surface area contributed by atoms with Crippen molar-refractivity contribution in [2.75, 3.05) is 14.1 Å². The van der Waals surface area contributed by atoms with Crippen LogP contribution in [0, 0.1) is 0 Å². The zero-order chi connectivity index (χ0) is 18.6. The molecule has 1 unspecified atom stereocenters. The number of nitrogens with zero attached hydrogens (tertiary/aromatic N) is 1. The molecule has 2 nitrogen and oxygen atoms in total. The molecule has 1 amide bonds. The summed E-state index contributed by atoms with van der Waals surface area (Å²) >= 11 is 0. The topological polar surface area (TPSA) is 20.3 Å². The van der Waals surface area contributed by atoms with Gasteiger partial charge in [0, 0.05) is 14.1 Å². The van der Waals surface area contributed by atoms with E-state index in [0.717, 1.165) is 0 Å². The van der Waals surface area contributed by atoms with Crippen molar-refractivity contribution < 1.29 is 4.79 Å². The minimum absolute atomic E-state index is 0. The molecule has 27 heavy (non-hydrogen) atoms. The van der Waals surface area contributed by atoms with E-state index in [1.54, 1.807) is 4.90 Å². The van der Waals surface area contributed by atoms with Gasteiger partial charge in [-0.25, -0.2) is 0 Å². The van der Waals surface area contributed by atoms with Crippen LogP contribution < -0.4 is 15.9 Å². The van der Waals surface area contributed by atoms with Gasteiger partial charge in [0.1, 0.15) is 23.2 Å². The highest BCUT2D eigenvalue weighted by Crippen LogP contribution is 2.59. The van der Waals surface area contributed by atoms with Crippen molar-refractivity contribution in [2.45, 2.75) is 12.6 Å². The first kappa shape index (κ1) is 21.3. The molecule has 0 heterocycles. The van der Waals surface area contributed by atoms with Crippen LogP contribution in [0.15, 0.2) is 91.0 Å². The minimum atomic E-state index is -2.15. The lowest BCUT2D eigenvalue weighted by Crippen LogP contribution is -2.44. The Hall–Kier alpha value is -1.96. The summed E-state index contributed by atoms with van der Waals surface area (Å²) in [6.45, 7) is 2.09.